The van der Waals surface area contributed by atoms with Crippen LogP contribution in [-0.4, -0.2) is 37.4 Å². The van der Waals surface area contributed by atoms with Crippen LogP contribution in [0.5, 0.6) is 5.75 Å². The Morgan fingerprint density at radius 2 is 1.71 bits per heavy atom. The van der Waals surface area contributed by atoms with E-state index in [0.717, 1.165) is 24.4 Å². The van der Waals surface area contributed by atoms with Crippen LogP contribution in [0.15, 0.2) is 24.3 Å². The zero-order valence-corrected chi connectivity index (χ0v) is 13.5. The minimum Gasteiger partial charge on any atom is -0.497 e. The molecule has 0 saturated carbocycles. The van der Waals surface area contributed by atoms with Gasteiger partial charge < -0.3 is 4.74 Å². The number of ketones is 1. The van der Waals surface area contributed by atoms with Gasteiger partial charge in [-0.25, -0.2) is 0 Å². The van der Waals surface area contributed by atoms with Crippen molar-refractivity contribution < 1.29 is 9.53 Å². The average Bonchev–Trinajstić information content (AvgIpc) is 2.56. The van der Waals surface area contributed by atoms with Crippen molar-refractivity contribution in [2.45, 2.75) is 39.5 Å². The zero-order chi connectivity index (χ0) is 15.3. The molecule has 1 aliphatic heterocycles. The van der Waals surface area contributed by atoms with Crippen molar-refractivity contribution in [3.05, 3.63) is 29.8 Å². The number of Topliss-reactive ketones (excluding diaryl/α,β-unsaturated/α-hetero) is 1. The summed E-state index contributed by atoms with van der Waals surface area (Å²) in [6, 6.07) is 7.41. The molecule has 116 valence electrons. The predicted octanol–water partition coefficient (Wildman–Crippen LogP) is 3.78. The van der Waals surface area contributed by atoms with Crippen molar-refractivity contribution >= 4 is 5.78 Å². The van der Waals surface area contributed by atoms with E-state index in [1.54, 1.807) is 7.11 Å². The molecule has 0 radical (unpaired) electrons. The predicted molar refractivity (Wildman–Crippen MR) is 86.0 cm³/mol. The van der Waals surface area contributed by atoms with E-state index in [0.29, 0.717) is 12.0 Å². The molecular formula is C18H27NO2. The number of piperidine rings is 1. The molecule has 0 aromatic heterocycles. The molecular weight excluding hydrogens is 262 g/mol. The number of carbonyl (C=O) groups excluding carboxylic acids is 1. The normalized spacial score (nSPS) is 18.4. The summed E-state index contributed by atoms with van der Waals surface area (Å²) in [6.07, 6.45) is 4.94. The van der Waals surface area contributed by atoms with Crippen molar-refractivity contribution in [3.8, 4) is 5.75 Å². The SMILES string of the molecule is CCC1(CC)CCN(CC(=O)c2ccc(OC)cc2)CC1. The van der Waals surface area contributed by atoms with Crippen LogP contribution in [0.1, 0.15) is 49.9 Å². The summed E-state index contributed by atoms with van der Waals surface area (Å²) >= 11 is 0. The van der Waals surface area contributed by atoms with Crippen LogP contribution >= 0.6 is 0 Å². The highest BCUT2D eigenvalue weighted by Crippen LogP contribution is 2.37. The Bertz CT molecular complexity index is 453. The van der Waals surface area contributed by atoms with Crippen LogP contribution < -0.4 is 4.74 Å². The molecule has 3 heteroatoms. The summed E-state index contributed by atoms with van der Waals surface area (Å²) in [5.74, 6) is 0.998. The third-order valence-electron chi connectivity index (χ3n) is 5.20. The van der Waals surface area contributed by atoms with Crippen LogP contribution in [0.3, 0.4) is 0 Å². The Labute approximate surface area is 128 Å². The lowest BCUT2D eigenvalue weighted by atomic mass is 9.74. The quantitative estimate of drug-likeness (QED) is 0.746. The largest absolute Gasteiger partial charge is 0.497 e. The number of carbonyl (C=O) groups is 1. The van der Waals surface area contributed by atoms with E-state index in [-0.39, 0.29) is 5.78 Å². The van der Waals surface area contributed by atoms with Gasteiger partial charge in [0.25, 0.3) is 0 Å². The molecule has 2 rings (SSSR count). The number of hydrogen-bond acceptors (Lipinski definition) is 3. The van der Waals surface area contributed by atoms with E-state index < -0.39 is 0 Å². The Hall–Kier alpha value is -1.35. The molecule has 0 bridgehead atoms. The standard InChI is InChI=1S/C18H27NO2/c1-4-18(5-2)10-12-19(13-11-18)14-17(20)15-6-8-16(21-3)9-7-15/h6-9H,4-5,10-14H2,1-3H3. The monoisotopic (exact) mass is 289 g/mol. The molecule has 1 aromatic rings. The minimum absolute atomic E-state index is 0.207. The lowest BCUT2D eigenvalue weighted by Gasteiger charge is -2.40. The molecule has 1 heterocycles. The van der Waals surface area contributed by atoms with Crippen molar-refractivity contribution in [3.63, 3.8) is 0 Å². The molecule has 21 heavy (non-hydrogen) atoms. The number of rotatable bonds is 6. The van der Waals surface area contributed by atoms with Gasteiger partial charge in [-0.1, -0.05) is 26.7 Å². The fraction of sp³-hybridized carbons (Fsp3) is 0.611. The maximum Gasteiger partial charge on any atom is 0.176 e. The molecule has 0 N–H and O–H groups in total. The molecule has 0 atom stereocenters. The minimum atomic E-state index is 0.207. The van der Waals surface area contributed by atoms with E-state index in [1.807, 2.05) is 24.3 Å². The van der Waals surface area contributed by atoms with E-state index in [2.05, 4.69) is 18.7 Å². The highest BCUT2D eigenvalue weighted by atomic mass is 16.5. The van der Waals surface area contributed by atoms with Crippen LogP contribution in [0.4, 0.5) is 0 Å². The fourth-order valence-corrected chi connectivity index (χ4v) is 3.21. The lowest BCUT2D eigenvalue weighted by Crippen LogP contribution is -2.41. The highest BCUT2D eigenvalue weighted by molar-refractivity contribution is 5.97. The van der Waals surface area contributed by atoms with Gasteiger partial charge in [0.2, 0.25) is 0 Å². The third kappa shape index (κ3) is 3.85. The van der Waals surface area contributed by atoms with Crippen molar-refractivity contribution in [1.29, 1.82) is 0 Å². The van der Waals surface area contributed by atoms with Crippen LogP contribution in [0.2, 0.25) is 0 Å². The third-order valence-corrected chi connectivity index (χ3v) is 5.20. The topological polar surface area (TPSA) is 29.5 Å². The van der Waals surface area contributed by atoms with Gasteiger partial charge in [-0.15, -0.1) is 0 Å². The van der Waals surface area contributed by atoms with E-state index in [4.69, 9.17) is 4.74 Å². The van der Waals surface area contributed by atoms with Crippen LogP contribution in [-0.2, 0) is 0 Å². The number of hydrogen-bond donors (Lipinski definition) is 0. The van der Waals surface area contributed by atoms with Crippen LogP contribution in [0.25, 0.3) is 0 Å². The van der Waals surface area contributed by atoms with Gasteiger partial charge in [0.05, 0.1) is 13.7 Å². The maximum absolute atomic E-state index is 12.3. The molecule has 0 amide bonds. The molecule has 0 aliphatic carbocycles. The summed E-state index contributed by atoms with van der Waals surface area (Å²) in [4.78, 5) is 14.6. The number of nitrogens with zero attached hydrogens (tertiary/aromatic N) is 1. The second kappa shape index (κ2) is 7.08. The first-order valence-corrected chi connectivity index (χ1v) is 8.02. The maximum atomic E-state index is 12.3. The average molecular weight is 289 g/mol. The van der Waals surface area contributed by atoms with E-state index in [9.17, 15) is 4.79 Å². The lowest BCUT2D eigenvalue weighted by molar-refractivity contribution is 0.0756. The molecule has 3 nitrogen and oxygen atoms in total. The summed E-state index contributed by atoms with van der Waals surface area (Å²) in [7, 11) is 1.64. The summed E-state index contributed by atoms with van der Waals surface area (Å²) in [5, 5.41) is 0. The Balaban J connectivity index is 1.89. The summed E-state index contributed by atoms with van der Waals surface area (Å²) in [5.41, 5.74) is 1.29. The molecule has 1 saturated heterocycles. The molecule has 1 aliphatic rings. The van der Waals surface area contributed by atoms with Gasteiger partial charge in [0.15, 0.2) is 5.78 Å². The highest BCUT2D eigenvalue weighted by Gasteiger charge is 2.31. The molecule has 1 aromatic carbocycles. The van der Waals surface area contributed by atoms with E-state index >= 15 is 0 Å². The fourth-order valence-electron chi connectivity index (χ4n) is 3.21. The zero-order valence-electron chi connectivity index (χ0n) is 13.5. The van der Waals surface area contributed by atoms with E-state index in [1.165, 1.54) is 25.7 Å². The van der Waals surface area contributed by atoms with Gasteiger partial charge in [0, 0.05) is 5.56 Å². The van der Waals surface area contributed by atoms with Crippen molar-refractivity contribution in [2.75, 3.05) is 26.7 Å². The Morgan fingerprint density at radius 1 is 1.14 bits per heavy atom. The first-order chi connectivity index (χ1) is 10.1. The Morgan fingerprint density at radius 3 is 2.19 bits per heavy atom. The molecule has 0 unspecified atom stereocenters. The van der Waals surface area contributed by atoms with Crippen LogP contribution in [0, 0.1) is 5.41 Å². The molecule has 1 fully saturated rings. The number of likely N-dealkylation sites (tertiary alicyclic amines) is 1. The first kappa shape index (κ1) is 16.0. The van der Waals surface area contributed by atoms with Gasteiger partial charge in [-0.3, -0.25) is 9.69 Å². The summed E-state index contributed by atoms with van der Waals surface area (Å²) < 4.78 is 5.12. The van der Waals surface area contributed by atoms with Crippen molar-refractivity contribution in [2.24, 2.45) is 5.41 Å². The number of methoxy groups -OCH3 is 1. The smallest absolute Gasteiger partial charge is 0.176 e. The van der Waals surface area contributed by atoms with Gasteiger partial charge in [-0.2, -0.15) is 0 Å². The second-order valence-electron chi connectivity index (χ2n) is 6.13. The van der Waals surface area contributed by atoms with Gasteiger partial charge in [-0.05, 0) is 55.6 Å². The number of ether oxygens (including phenoxy) is 1. The van der Waals surface area contributed by atoms with Gasteiger partial charge >= 0.3 is 0 Å². The number of benzene rings is 1. The molecule has 0 spiro atoms. The Kier molecular flexibility index (Phi) is 5.40. The second-order valence-corrected chi connectivity index (χ2v) is 6.13. The summed E-state index contributed by atoms with van der Waals surface area (Å²) in [6.45, 7) is 7.21. The first-order valence-electron chi connectivity index (χ1n) is 8.02. The van der Waals surface area contributed by atoms with Crippen molar-refractivity contribution in [1.82, 2.24) is 4.90 Å². The van der Waals surface area contributed by atoms with Gasteiger partial charge in [0.1, 0.15) is 5.75 Å².